The third kappa shape index (κ3) is 5.58. The normalized spacial score (nSPS) is 14.7. The molecule has 3 rings (SSSR count). The maximum absolute atomic E-state index is 12.5. The number of hydrogen-bond donors (Lipinski definition) is 1. The van der Waals surface area contributed by atoms with Gasteiger partial charge in [0.05, 0.1) is 11.5 Å². The first kappa shape index (κ1) is 21.3. The fraction of sp³-hybridized carbons (Fsp3) is 0.409. The number of amides is 1. The van der Waals surface area contributed by atoms with Crippen LogP contribution in [0.3, 0.4) is 0 Å². The van der Waals surface area contributed by atoms with Gasteiger partial charge in [0.2, 0.25) is 10.0 Å². The zero-order chi connectivity index (χ0) is 20.7. The van der Waals surface area contributed by atoms with Gasteiger partial charge in [-0.05, 0) is 74.6 Å². The largest absolute Gasteiger partial charge is 0.494 e. The minimum atomic E-state index is -3.45. The Hall–Kier alpha value is -2.38. The molecule has 1 heterocycles. The smallest absolute Gasteiger partial charge is 0.251 e. The quantitative estimate of drug-likeness (QED) is 0.637. The molecule has 0 spiro atoms. The first-order valence-corrected chi connectivity index (χ1v) is 11.5. The summed E-state index contributed by atoms with van der Waals surface area (Å²) in [5.41, 5.74) is 1.66. The van der Waals surface area contributed by atoms with E-state index in [0.717, 1.165) is 31.4 Å². The van der Waals surface area contributed by atoms with E-state index in [4.69, 9.17) is 4.74 Å². The zero-order valence-electron chi connectivity index (χ0n) is 16.8. The van der Waals surface area contributed by atoms with Crippen LogP contribution in [-0.4, -0.2) is 44.9 Å². The van der Waals surface area contributed by atoms with Gasteiger partial charge in [0.15, 0.2) is 0 Å². The number of benzene rings is 2. The van der Waals surface area contributed by atoms with Crippen LogP contribution < -0.4 is 10.1 Å². The lowest BCUT2D eigenvalue weighted by molar-refractivity contribution is 0.0953. The molecule has 1 fully saturated rings. The molecule has 156 valence electrons. The molecule has 1 aliphatic rings. The highest BCUT2D eigenvalue weighted by Crippen LogP contribution is 2.21. The van der Waals surface area contributed by atoms with Gasteiger partial charge in [0.25, 0.3) is 5.91 Å². The molecule has 1 saturated heterocycles. The summed E-state index contributed by atoms with van der Waals surface area (Å²) in [6, 6.07) is 14.2. The van der Waals surface area contributed by atoms with Crippen LogP contribution in [0.4, 0.5) is 0 Å². The Kier molecular flexibility index (Phi) is 7.28. The molecule has 2 aromatic carbocycles. The Morgan fingerprint density at radius 2 is 1.69 bits per heavy atom. The van der Waals surface area contributed by atoms with Gasteiger partial charge in [-0.15, -0.1) is 0 Å². The molecule has 1 N–H and O–H groups in total. The molecule has 0 bridgehead atoms. The van der Waals surface area contributed by atoms with Gasteiger partial charge in [0.1, 0.15) is 5.75 Å². The summed E-state index contributed by atoms with van der Waals surface area (Å²) in [6.45, 7) is 4.30. The van der Waals surface area contributed by atoms with Crippen LogP contribution in [-0.2, 0) is 16.4 Å². The van der Waals surface area contributed by atoms with E-state index in [1.807, 2.05) is 31.2 Å². The molecular formula is C22H28N2O4S. The van der Waals surface area contributed by atoms with Crippen molar-refractivity contribution in [3.8, 4) is 5.75 Å². The SMILES string of the molecule is CCOc1ccc(CCCNC(=O)c2ccc(S(=O)(=O)N3CCCC3)cc2)cc1. The Bertz CT molecular complexity index is 903. The van der Waals surface area contributed by atoms with Crippen molar-refractivity contribution in [1.82, 2.24) is 9.62 Å². The van der Waals surface area contributed by atoms with Crippen LogP contribution in [0.2, 0.25) is 0 Å². The Morgan fingerprint density at radius 1 is 1.03 bits per heavy atom. The summed E-state index contributed by atoms with van der Waals surface area (Å²) >= 11 is 0. The van der Waals surface area contributed by atoms with E-state index in [1.165, 1.54) is 22.0 Å². The number of nitrogens with zero attached hydrogens (tertiary/aromatic N) is 1. The summed E-state index contributed by atoms with van der Waals surface area (Å²) in [6.07, 6.45) is 3.48. The molecule has 0 saturated carbocycles. The second-order valence-electron chi connectivity index (χ2n) is 7.07. The highest BCUT2D eigenvalue weighted by atomic mass is 32.2. The number of hydrogen-bond acceptors (Lipinski definition) is 4. The monoisotopic (exact) mass is 416 g/mol. The first-order chi connectivity index (χ1) is 14.0. The van der Waals surface area contributed by atoms with E-state index < -0.39 is 10.0 Å². The second-order valence-corrected chi connectivity index (χ2v) is 9.01. The van der Waals surface area contributed by atoms with Gasteiger partial charge in [-0.3, -0.25) is 4.79 Å². The standard InChI is InChI=1S/C22H28N2O4S/c1-2-28-20-11-7-18(8-12-20)6-5-15-23-22(25)19-9-13-21(14-10-19)29(26,27)24-16-3-4-17-24/h7-14H,2-6,15-17H2,1H3,(H,23,25). The average Bonchev–Trinajstić information content (AvgIpc) is 3.28. The fourth-order valence-electron chi connectivity index (χ4n) is 3.37. The molecule has 2 aromatic rings. The number of aryl methyl sites for hydroxylation is 1. The molecule has 0 radical (unpaired) electrons. The highest BCUT2D eigenvalue weighted by molar-refractivity contribution is 7.89. The molecular weight excluding hydrogens is 388 g/mol. The number of rotatable bonds is 9. The Labute approximate surface area is 172 Å². The number of carbonyl (C=O) groups excluding carboxylic acids is 1. The summed E-state index contributed by atoms with van der Waals surface area (Å²) in [7, 11) is -3.45. The summed E-state index contributed by atoms with van der Waals surface area (Å²) in [4.78, 5) is 12.5. The van der Waals surface area contributed by atoms with Crippen molar-refractivity contribution in [2.45, 2.75) is 37.5 Å². The van der Waals surface area contributed by atoms with Crippen molar-refractivity contribution in [2.24, 2.45) is 0 Å². The number of carbonyl (C=O) groups is 1. The maximum Gasteiger partial charge on any atom is 0.251 e. The van der Waals surface area contributed by atoms with E-state index in [0.29, 0.717) is 31.8 Å². The van der Waals surface area contributed by atoms with E-state index in [2.05, 4.69) is 5.32 Å². The lowest BCUT2D eigenvalue weighted by Crippen LogP contribution is -2.28. The van der Waals surface area contributed by atoms with Crippen LogP contribution in [0.15, 0.2) is 53.4 Å². The molecule has 6 nitrogen and oxygen atoms in total. The van der Waals surface area contributed by atoms with Crippen molar-refractivity contribution >= 4 is 15.9 Å². The minimum absolute atomic E-state index is 0.193. The molecule has 7 heteroatoms. The molecule has 1 amide bonds. The van der Waals surface area contributed by atoms with E-state index in [9.17, 15) is 13.2 Å². The molecule has 29 heavy (non-hydrogen) atoms. The maximum atomic E-state index is 12.5. The summed E-state index contributed by atoms with van der Waals surface area (Å²) in [5, 5.41) is 2.89. The third-order valence-corrected chi connectivity index (χ3v) is 6.89. The molecule has 0 aliphatic carbocycles. The zero-order valence-corrected chi connectivity index (χ0v) is 17.6. The van der Waals surface area contributed by atoms with Crippen LogP contribution in [0.1, 0.15) is 42.1 Å². The van der Waals surface area contributed by atoms with E-state index in [-0.39, 0.29) is 10.8 Å². The number of ether oxygens (including phenoxy) is 1. The van der Waals surface area contributed by atoms with Gasteiger partial charge in [-0.25, -0.2) is 8.42 Å². The van der Waals surface area contributed by atoms with Crippen molar-refractivity contribution in [3.63, 3.8) is 0 Å². The van der Waals surface area contributed by atoms with Crippen molar-refractivity contribution in [3.05, 3.63) is 59.7 Å². The number of nitrogens with one attached hydrogen (secondary N) is 1. The third-order valence-electron chi connectivity index (χ3n) is 4.98. The lowest BCUT2D eigenvalue weighted by atomic mass is 10.1. The van der Waals surface area contributed by atoms with Crippen LogP contribution in [0, 0.1) is 0 Å². The number of sulfonamides is 1. The molecule has 0 unspecified atom stereocenters. The minimum Gasteiger partial charge on any atom is -0.494 e. The average molecular weight is 417 g/mol. The first-order valence-electron chi connectivity index (χ1n) is 10.1. The molecule has 0 atom stereocenters. The molecule has 0 aromatic heterocycles. The van der Waals surface area contributed by atoms with Gasteiger partial charge in [-0.1, -0.05) is 12.1 Å². The predicted molar refractivity (Wildman–Crippen MR) is 113 cm³/mol. The van der Waals surface area contributed by atoms with Crippen LogP contribution in [0.25, 0.3) is 0 Å². The molecule has 1 aliphatic heterocycles. The lowest BCUT2D eigenvalue weighted by Gasteiger charge is -2.15. The van der Waals surface area contributed by atoms with Crippen molar-refractivity contribution in [1.29, 1.82) is 0 Å². The van der Waals surface area contributed by atoms with Gasteiger partial charge in [-0.2, -0.15) is 4.31 Å². The van der Waals surface area contributed by atoms with Crippen molar-refractivity contribution < 1.29 is 17.9 Å². The topological polar surface area (TPSA) is 75.7 Å². The van der Waals surface area contributed by atoms with Crippen LogP contribution >= 0.6 is 0 Å². The van der Waals surface area contributed by atoms with Gasteiger partial charge >= 0.3 is 0 Å². The van der Waals surface area contributed by atoms with Crippen molar-refractivity contribution in [2.75, 3.05) is 26.2 Å². The Morgan fingerprint density at radius 3 is 2.31 bits per heavy atom. The van der Waals surface area contributed by atoms with Gasteiger partial charge < -0.3 is 10.1 Å². The summed E-state index contributed by atoms with van der Waals surface area (Å²) in [5.74, 6) is 0.668. The second kappa shape index (κ2) is 9.89. The summed E-state index contributed by atoms with van der Waals surface area (Å²) < 4.78 is 32.0. The Balaban J connectivity index is 1.47. The fourth-order valence-corrected chi connectivity index (χ4v) is 4.89. The van der Waals surface area contributed by atoms with Gasteiger partial charge in [0, 0.05) is 25.2 Å². The predicted octanol–water partition coefficient (Wildman–Crippen LogP) is 3.23. The highest BCUT2D eigenvalue weighted by Gasteiger charge is 2.27. The van der Waals surface area contributed by atoms with E-state index >= 15 is 0 Å². The van der Waals surface area contributed by atoms with E-state index in [1.54, 1.807) is 12.1 Å². The van der Waals surface area contributed by atoms with Crippen LogP contribution in [0.5, 0.6) is 5.75 Å².